The lowest BCUT2D eigenvalue weighted by atomic mass is 9.84. The minimum absolute atomic E-state index is 0.0573. The van der Waals surface area contributed by atoms with Gasteiger partial charge in [-0.25, -0.2) is 4.79 Å². The molecule has 3 unspecified atom stereocenters. The van der Waals surface area contributed by atoms with E-state index in [0.717, 1.165) is 75.2 Å². The van der Waals surface area contributed by atoms with E-state index < -0.39 is 42.1 Å². The van der Waals surface area contributed by atoms with E-state index in [4.69, 9.17) is 10.8 Å². The molecule has 2 saturated heterocycles. The first-order valence-electron chi connectivity index (χ1n) is 18.7. The Bertz CT molecular complexity index is 1530. The highest BCUT2D eigenvalue weighted by molar-refractivity contribution is 6.01. The highest BCUT2D eigenvalue weighted by atomic mass is 16.4. The molecule has 5 rings (SSSR count). The van der Waals surface area contributed by atoms with Crippen molar-refractivity contribution in [1.29, 1.82) is 0 Å². The van der Waals surface area contributed by atoms with E-state index in [9.17, 15) is 29.1 Å². The Morgan fingerprint density at radius 2 is 1.59 bits per heavy atom. The zero-order valence-electron chi connectivity index (χ0n) is 29.4. The fourth-order valence-corrected chi connectivity index (χ4v) is 8.07. The van der Waals surface area contributed by atoms with Crippen molar-refractivity contribution < 1.29 is 34.2 Å². The zero-order valence-corrected chi connectivity index (χ0v) is 29.4. The molecule has 13 nitrogen and oxygen atoms in total. The second-order valence-corrected chi connectivity index (χ2v) is 14.5. The van der Waals surface area contributed by atoms with Crippen LogP contribution in [0.3, 0.4) is 0 Å². The Morgan fingerprint density at radius 1 is 0.882 bits per heavy atom. The Balaban J connectivity index is 1.37. The van der Waals surface area contributed by atoms with Crippen molar-refractivity contribution in [2.24, 2.45) is 11.7 Å². The molecule has 2 aliphatic heterocycles. The summed E-state index contributed by atoms with van der Waals surface area (Å²) < 4.78 is 0. The molecule has 0 aromatic heterocycles. The van der Waals surface area contributed by atoms with Crippen molar-refractivity contribution in [3.63, 3.8) is 0 Å². The number of carbonyl (C=O) groups excluding carboxylic acids is 4. The highest BCUT2D eigenvalue weighted by Crippen LogP contribution is 2.31. The lowest BCUT2D eigenvalue weighted by Crippen LogP contribution is -2.57. The van der Waals surface area contributed by atoms with Crippen LogP contribution >= 0.6 is 0 Å². The number of unbranched alkanes of at least 4 members (excludes halogenated alkanes) is 1. The maximum absolute atomic E-state index is 14.7. The Morgan fingerprint density at radius 3 is 2.29 bits per heavy atom. The van der Waals surface area contributed by atoms with Gasteiger partial charge in [0.15, 0.2) is 6.10 Å². The van der Waals surface area contributed by atoms with Gasteiger partial charge >= 0.3 is 6.09 Å². The van der Waals surface area contributed by atoms with Crippen molar-refractivity contribution in [2.75, 3.05) is 26.2 Å². The van der Waals surface area contributed by atoms with Crippen LogP contribution in [0, 0.1) is 5.92 Å². The van der Waals surface area contributed by atoms with Crippen molar-refractivity contribution >= 4 is 40.5 Å². The molecule has 3 fully saturated rings. The number of nitrogens with two attached hydrogens (primary N) is 1. The largest absolute Gasteiger partial charge is 0.465 e. The average Bonchev–Trinajstić information content (AvgIpc) is 3.59. The minimum Gasteiger partial charge on any atom is -0.465 e. The minimum atomic E-state index is -1.66. The standard InChI is InChI=1S/C38H54N6O7/c39-34(46)33(45)30(15-7-8-18-40-38(50)51)41-36(48)32-23-29(43-19-9-2-10-20-43)24-44(32)37(49)31(21-25-11-3-1-4-12-25)42-35(47)28-17-16-26-13-5-6-14-27(26)22-28/h5-6,13-14,16-17,22,25,29-33,40,45H,1-4,7-12,15,18-21,23-24H2,(H2,39,46)(H,41,48)(H,42,47)(H,50,51)/t29-,30?,31?,32+,33?/m1/s1. The van der Waals surface area contributed by atoms with Gasteiger partial charge in [-0.3, -0.25) is 24.1 Å². The smallest absolute Gasteiger partial charge is 0.404 e. The van der Waals surface area contributed by atoms with Crippen molar-refractivity contribution in [3.05, 3.63) is 48.0 Å². The number of amides is 5. The molecule has 0 radical (unpaired) electrons. The third-order valence-corrected chi connectivity index (χ3v) is 10.9. The molecule has 5 atom stereocenters. The van der Waals surface area contributed by atoms with Gasteiger partial charge in [0.2, 0.25) is 17.7 Å². The third-order valence-electron chi connectivity index (χ3n) is 10.9. The second kappa shape index (κ2) is 18.3. The number of carboxylic acid groups (broad SMARTS) is 1. The molecule has 278 valence electrons. The van der Waals surface area contributed by atoms with E-state index in [2.05, 4.69) is 20.9 Å². The number of nitrogens with zero attached hydrogens (tertiary/aromatic N) is 2. The van der Waals surface area contributed by atoms with Crippen LogP contribution in [-0.4, -0.2) is 106 Å². The first kappa shape index (κ1) is 38.0. The molecule has 1 aliphatic carbocycles. The van der Waals surface area contributed by atoms with Crippen LogP contribution in [0.5, 0.6) is 0 Å². The van der Waals surface area contributed by atoms with Gasteiger partial charge in [-0.2, -0.15) is 0 Å². The topological polar surface area (TPSA) is 194 Å². The molecule has 2 aromatic carbocycles. The van der Waals surface area contributed by atoms with Gasteiger partial charge in [-0.05, 0) is 86.9 Å². The van der Waals surface area contributed by atoms with Gasteiger partial charge in [-0.15, -0.1) is 0 Å². The molecular weight excluding hydrogens is 652 g/mol. The van der Waals surface area contributed by atoms with Crippen LogP contribution in [0.1, 0.15) is 93.8 Å². The number of benzene rings is 2. The third kappa shape index (κ3) is 10.4. The number of rotatable bonds is 15. The van der Waals surface area contributed by atoms with Gasteiger partial charge in [-0.1, -0.05) is 68.9 Å². The number of likely N-dealkylation sites (tertiary alicyclic amines) is 2. The Hall–Kier alpha value is -4.23. The molecule has 0 spiro atoms. The van der Waals surface area contributed by atoms with Crippen molar-refractivity contribution in [2.45, 2.75) is 114 Å². The Labute approximate surface area is 299 Å². The molecule has 51 heavy (non-hydrogen) atoms. The van der Waals surface area contributed by atoms with Crippen LogP contribution in [-0.2, 0) is 14.4 Å². The lowest BCUT2D eigenvalue weighted by molar-refractivity contribution is -0.141. The molecule has 7 N–H and O–H groups in total. The van der Waals surface area contributed by atoms with Gasteiger partial charge in [0.05, 0.1) is 6.04 Å². The Kier molecular flexibility index (Phi) is 13.7. The van der Waals surface area contributed by atoms with Crippen LogP contribution in [0.4, 0.5) is 4.79 Å². The highest BCUT2D eigenvalue weighted by Gasteiger charge is 2.45. The molecule has 5 amide bonds. The first-order valence-corrected chi connectivity index (χ1v) is 18.7. The summed E-state index contributed by atoms with van der Waals surface area (Å²) in [6, 6.07) is 10.5. The maximum Gasteiger partial charge on any atom is 0.404 e. The summed E-state index contributed by atoms with van der Waals surface area (Å²) >= 11 is 0. The predicted molar refractivity (Wildman–Crippen MR) is 193 cm³/mol. The van der Waals surface area contributed by atoms with Crippen molar-refractivity contribution in [3.8, 4) is 0 Å². The molecule has 0 bridgehead atoms. The van der Waals surface area contributed by atoms with Crippen LogP contribution in [0.25, 0.3) is 10.8 Å². The number of carbonyl (C=O) groups is 5. The van der Waals surface area contributed by atoms with Gasteiger partial charge in [0.1, 0.15) is 12.1 Å². The number of primary amides is 1. The fourth-order valence-electron chi connectivity index (χ4n) is 8.07. The number of hydrogen-bond acceptors (Lipinski definition) is 7. The van der Waals surface area contributed by atoms with E-state index in [0.29, 0.717) is 37.8 Å². The van der Waals surface area contributed by atoms with E-state index >= 15 is 0 Å². The summed E-state index contributed by atoms with van der Waals surface area (Å²) in [7, 11) is 0. The SMILES string of the molecule is NC(=O)C(O)C(CCCCNC(=O)O)NC(=O)[C@@H]1C[C@@H](N2CCCCC2)CN1C(=O)C(CC1CCCCC1)NC(=O)c1ccc2ccccc2c1. The summed E-state index contributed by atoms with van der Waals surface area (Å²) in [4.78, 5) is 69.4. The lowest BCUT2D eigenvalue weighted by Gasteiger charge is -2.33. The monoisotopic (exact) mass is 706 g/mol. The molecular formula is C38H54N6O7. The molecule has 3 aliphatic rings. The summed E-state index contributed by atoms with van der Waals surface area (Å²) in [5.41, 5.74) is 5.90. The van der Waals surface area contributed by atoms with E-state index in [1.807, 2.05) is 36.4 Å². The van der Waals surface area contributed by atoms with Gasteiger partial charge in [0, 0.05) is 24.7 Å². The zero-order chi connectivity index (χ0) is 36.3. The summed E-state index contributed by atoms with van der Waals surface area (Å²) in [5.74, 6) is -1.86. The summed E-state index contributed by atoms with van der Waals surface area (Å²) in [5, 5.41) is 29.6. The number of piperidine rings is 1. The van der Waals surface area contributed by atoms with Gasteiger partial charge in [0.25, 0.3) is 5.91 Å². The van der Waals surface area contributed by atoms with Crippen molar-refractivity contribution in [1.82, 2.24) is 25.8 Å². The summed E-state index contributed by atoms with van der Waals surface area (Å²) in [6.07, 6.45) is 7.53. The van der Waals surface area contributed by atoms with Gasteiger partial charge < -0.3 is 36.8 Å². The molecule has 1 saturated carbocycles. The number of hydrogen-bond donors (Lipinski definition) is 6. The predicted octanol–water partition coefficient (Wildman–Crippen LogP) is 3.13. The molecule has 13 heteroatoms. The average molecular weight is 707 g/mol. The van der Waals surface area contributed by atoms with Crippen LogP contribution in [0.15, 0.2) is 42.5 Å². The van der Waals surface area contributed by atoms with Crippen LogP contribution < -0.4 is 21.7 Å². The first-order chi connectivity index (χ1) is 24.6. The van der Waals surface area contributed by atoms with Crippen LogP contribution in [0.2, 0.25) is 0 Å². The number of nitrogens with one attached hydrogen (secondary N) is 3. The van der Waals surface area contributed by atoms with E-state index in [1.54, 1.807) is 11.0 Å². The maximum atomic E-state index is 14.7. The quantitative estimate of drug-likeness (QED) is 0.152. The fraction of sp³-hybridized carbons (Fsp3) is 0.605. The summed E-state index contributed by atoms with van der Waals surface area (Å²) in [6.45, 7) is 2.25. The molecule has 2 aromatic rings. The normalized spacial score (nSPS) is 21.8. The molecule has 2 heterocycles. The number of fused-ring (bicyclic) bond motifs is 1. The van der Waals surface area contributed by atoms with E-state index in [1.165, 1.54) is 0 Å². The van der Waals surface area contributed by atoms with E-state index in [-0.39, 0.29) is 36.7 Å². The second-order valence-electron chi connectivity index (χ2n) is 14.5. The number of aliphatic hydroxyl groups is 1. The number of aliphatic hydroxyl groups excluding tert-OH is 1.